The van der Waals surface area contributed by atoms with Gasteiger partial charge in [0, 0.05) is 11.9 Å². The minimum atomic E-state index is -0.136. The first-order valence-corrected chi connectivity index (χ1v) is 8.72. The van der Waals surface area contributed by atoms with Gasteiger partial charge in [0.05, 0.1) is 23.5 Å². The van der Waals surface area contributed by atoms with Crippen LogP contribution in [0.3, 0.4) is 0 Å². The second-order valence-electron chi connectivity index (χ2n) is 6.55. The van der Waals surface area contributed by atoms with E-state index in [2.05, 4.69) is 34.1 Å². The number of pyridine rings is 1. The molecule has 0 fully saturated rings. The molecule has 130 valence electrons. The molecule has 2 aromatic heterocycles. The number of nitrogens with one attached hydrogen (secondary N) is 2. The summed E-state index contributed by atoms with van der Waals surface area (Å²) in [5.74, 6) is 1.07. The van der Waals surface area contributed by atoms with Gasteiger partial charge in [0.25, 0.3) is 0 Å². The molecule has 2 heterocycles. The van der Waals surface area contributed by atoms with Gasteiger partial charge >= 0.3 is 0 Å². The Kier molecular flexibility index (Phi) is 5.12. The van der Waals surface area contributed by atoms with Crippen LogP contribution in [-0.2, 0) is 11.2 Å². The number of nitrogens with zero attached hydrogens (tertiary/aromatic N) is 2. The van der Waals surface area contributed by atoms with Gasteiger partial charge < -0.3 is 10.3 Å². The van der Waals surface area contributed by atoms with E-state index in [1.165, 1.54) is 0 Å². The number of H-pyrrole nitrogens is 1. The smallest absolute Gasteiger partial charge is 0.225 e. The number of carbonyl (C=O) groups is 1. The molecule has 2 atom stereocenters. The van der Waals surface area contributed by atoms with Gasteiger partial charge in [0.15, 0.2) is 0 Å². The highest BCUT2D eigenvalue weighted by atomic mass is 16.1. The van der Waals surface area contributed by atoms with Crippen LogP contribution < -0.4 is 5.32 Å². The predicted octanol–water partition coefficient (Wildman–Crippen LogP) is 3.71. The van der Waals surface area contributed by atoms with Crippen molar-refractivity contribution in [3.05, 3.63) is 59.7 Å². The molecule has 0 bridgehead atoms. The number of carbonyl (C=O) groups excluding carboxylic acids is 1. The Hall–Kier alpha value is -2.69. The second kappa shape index (κ2) is 7.47. The number of amides is 1. The van der Waals surface area contributed by atoms with Crippen molar-refractivity contribution in [2.45, 2.75) is 39.7 Å². The van der Waals surface area contributed by atoms with Gasteiger partial charge in [-0.1, -0.05) is 38.5 Å². The molecule has 3 rings (SSSR count). The van der Waals surface area contributed by atoms with Crippen molar-refractivity contribution >= 4 is 16.9 Å². The third-order valence-corrected chi connectivity index (χ3v) is 4.57. The number of aryl methyl sites for hydroxylation is 1. The molecule has 5 nitrogen and oxygen atoms in total. The van der Waals surface area contributed by atoms with Crippen LogP contribution >= 0.6 is 0 Å². The van der Waals surface area contributed by atoms with Crippen LogP contribution in [0.5, 0.6) is 0 Å². The summed E-state index contributed by atoms with van der Waals surface area (Å²) in [7, 11) is 0. The van der Waals surface area contributed by atoms with Crippen molar-refractivity contribution < 1.29 is 4.79 Å². The fourth-order valence-corrected chi connectivity index (χ4v) is 2.85. The van der Waals surface area contributed by atoms with Crippen LogP contribution in [0.2, 0.25) is 0 Å². The van der Waals surface area contributed by atoms with E-state index in [1.807, 2.05) is 43.3 Å². The topological polar surface area (TPSA) is 70.7 Å². The molecule has 1 aromatic carbocycles. The molecule has 0 saturated carbocycles. The van der Waals surface area contributed by atoms with E-state index in [0.717, 1.165) is 34.5 Å². The van der Waals surface area contributed by atoms with E-state index < -0.39 is 0 Å². The number of rotatable bonds is 6. The van der Waals surface area contributed by atoms with Crippen molar-refractivity contribution in [1.82, 2.24) is 20.3 Å². The first-order chi connectivity index (χ1) is 12.1. The molecule has 0 radical (unpaired) electrons. The summed E-state index contributed by atoms with van der Waals surface area (Å²) in [5, 5.41) is 3.15. The van der Waals surface area contributed by atoms with Gasteiger partial charge in [-0.25, -0.2) is 4.98 Å². The van der Waals surface area contributed by atoms with E-state index in [4.69, 9.17) is 0 Å². The van der Waals surface area contributed by atoms with Crippen molar-refractivity contribution in [1.29, 1.82) is 0 Å². The number of aromatic amines is 1. The highest BCUT2D eigenvalue weighted by molar-refractivity contribution is 5.79. The fourth-order valence-electron chi connectivity index (χ4n) is 2.85. The average Bonchev–Trinajstić information content (AvgIpc) is 3.04. The fraction of sp³-hybridized carbons (Fsp3) is 0.350. The molecular weight excluding hydrogens is 312 g/mol. The van der Waals surface area contributed by atoms with Gasteiger partial charge in [-0.05, 0) is 36.6 Å². The minimum absolute atomic E-state index is 0.0172. The molecule has 0 saturated heterocycles. The molecule has 25 heavy (non-hydrogen) atoms. The second-order valence-corrected chi connectivity index (χ2v) is 6.55. The van der Waals surface area contributed by atoms with E-state index in [-0.39, 0.29) is 17.9 Å². The number of hydrogen-bond acceptors (Lipinski definition) is 3. The van der Waals surface area contributed by atoms with E-state index in [9.17, 15) is 4.79 Å². The molecule has 2 N–H and O–H groups in total. The van der Waals surface area contributed by atoms with Crippen molar-refractivity contribution in [2.75, 3.05) is 0 Å². The quantitative estimate of drug-likeness (QED) is 0.721. The Bertz CT molecular complexity index is 821. The molecule has 0 aliphatic carbocycles. The number of para-hydroxylation sites is 2. The predicted molar refractivity (Wildman–Crippen MR) is 99.1 cm³/mol. The Morgan fingerprint density at radius 1 is 1.24 bits per heavy atom. The summed E-state index contributed by atoms with van der Waals surface area (Å²) < 4.78 is 0. The Balaban J connectivity index is 1.78. The first kappa shape index (κ1) is 17.1. The number of imidazole rings is 1. The molecule has 0 aliphatic heterocycles. The summed E-state index contributed by atoms with van der Waals surface area (Å²) in [4.78, 5) is 24.8. The monoisotopic (exact) mass is 336 g/mol. The lowest BCUT2D eigenvalue weighted by atomic mass is 9.98. The molecule has 1 amide bonds. The standard InChI is InChI=1S/C20H24N4O/c1-4-13(2)19(20-22-16-7-5-6-8-17(16)23-20)24-18(25)11-15-10-9-14(3)21-12-15/h5-10,12-13,19H,4,11H2,1-3H3,(H,22,23)(H,24,25). The summed E-state index contributed by atoms with van der Waals surface area (Å²) >= 11 is 0. The zero-order valence-electron chi connectivity index (χ0n) is 14.9. The summed E-state index contributed by atoms with van der Waals surface area (Å²) in [6, 6.07) is 11.7. The van der Waals surface area contributed by atoms with Gasteiger partial charge in [0.1, 0.15) is 5.82 Å². The maximum Gasteiger partial charge on any atom is 0.225 e. The van der Waals surface area contributed by atoms with E-state index in [1.54, 1.807) is 6.20 Å². The largest absolute Gasteiger partial charge is 0.346 e. The molecule has 2 unspecified atom stereocenters. The molecule has 5 heteroatoms. The zero-order chi connectivity index (χ0) is 17.8. The maximum atomic E-state index is 12.5. The first-order valence-electron chi connectivity index (χ1n) is 8.72. The zero-order valence-corrected chi connectivity index (χ0v) is 14.9. The van der Waals surface area contributed by atoms with Crippen molar-refractivity contribution in [3.63, 3.8) is 0 Å². The number of aromatic nitrogens is 3. The average molecular weight is 336 g/mol. The summed E-state index contributed by atoms with van der Waals surface area (Å²) in [6.45, 7) is 6.19. The van der Waals surface area contributed by atoms with E-state index >= 15 is 0 Å². The van der Waals surface area contributed by atoms with Gasteiger partial charge in [-0.15, -0.1) is 0 Å². The van der Waals surface area contributed by atoms with Gasteiger partial charge in [-0.2, -0.15) is 0 Å². The Morgan fingerprint density at radius 2 is 2.04 bits per heavy atom. The van der Waals surface area contributed by atoms with Gasteiger partial charge in [0.2, 0.25) is 5.91 Å². The number of fused-ring (bicyclic) bond motifs is 1. The number of benzene rings is 1. The van der Waals surface area contributed by atoms with Crippen molar-refractivity contribution in [2.24, 2.45) is 5.92 Å². The third-order valence-electron chi connectivity index (χ3n) is 4.57. The van der Waals surface area contributed by atoms with Crippen LogP contribution in [0.4, 0.5) is 0 Å². The molecule has 3 aromatic rings. The minimum Gasteiger partial charge on any atom is -0.346 e. The Labute approximate surface area is 147 Å². The third kappa shape index (κ3) is 4.05. The SMILES string of the molecule is CCC(C)C(NC(=O)Cc1ccc(C)nc1)c1nc2ccccc2[nH]1. The van der Waals surface area contributed by atoms with Crippen molar-refractivity contribution in [3.8, 4) is 0 Å². The van der Waals surface area contributed by atoms with E-state index in [0.29, 0.717) is 6.42 Å². The van der Waals surface area contributed by atoms with Crippen LogP contribution in [0, 0.1) is 12.8 Å². The highest BCUT2D eigenvalue weighted by Gasteiger charge is 2.23. The van der Waals surface area contributed by atoms with Crippen LogP contribution in [0.1, 0.15) is 43.4 Å². The lowest BCUT2D eigenvalue weighted by molar-refractivity contribution is -0.121. The maximum absolute atomic E-state index is 12.5. The Morgan fingerprint density at radius 3 is 2.72 bits per heavy atom. The lowest BCUT2D eigenvalue weighted by Gasteiger charge is -2.22. The van der Waals surface area contributed by atoms with Crippen LogP contribution in [0.15, 0.2) is 42.6 Å². The lowest BCUT2D eigenvalue weighted by Crippen LogP contribution is -2.34. The summed E-state index contributed by atoms with van der Waals surface area (Å²) in [6.07, 6.45) is 3.03. The normalized spacial score (nSPS) is 13.6. The highest BCUT2D eigenvalue weighted by Crippen LogP contribution is 2.24. The molecule has 0 spiro atoms. The molecular formula is C20H24N4O. The van der Waals surface area contributed by atoms with Crippen LogP contribution in [-0.4, -0.2) is 20.9 Å². The van der Waals surface area contributed by atoms with Crippen LogP contribution in [0.25, 0.3) is 11.0 Å². The summed E-state index contributed by atoms with van der Waals surface area (Å²) in [5.41, 5.74) is 3.77. The molecule has 0 aliphatic rings. The van der Waals surface area contributed by atoms with Gasteiger partial charge in [-0.3, -0.25) is 9.78 Å². The number of hydrogen-bond donors (Lipinski definition) is 2.